The molecule has 0 amide bonds. The van der Waals surface area contributed by atoms with Crippen LogP contribution in [0.25, 0.3) is 5.82 Å². The average molecular weight is 286 g/mol. The number of aliphatic imine (C=N–C) groups is 1. The molecule has 6 heteroatoms. The van der Waals surface area contributed by atoms with Crippen LogP contribution in [0.1, 0.15) is 25.8 Å². The zero-order chi connectivity index (χ0) is 15.1. The second kappa shape index (κ2) is 7.42. The largest absolute Gasteiger partial charge is 0.370 e. The maximum absolute atomic E-state index is 5.85. The molecule has 112 valence electrons. The number of hydrogen-bond donors (Lipinski definition) is 2. The van der Waals surface area contributed by atoms with Crippen LogP contribution in [-0.4, -0.2) is 27.0 Å². The summed E-state index contributed by atoms with van der Waals surface area (Å²) >= 11 is 0. The van der Waals surface area contributed by atoms with Gasteiger partial charge in [-0.05, 0) is 30.0 Å². The van der Waals surface area contributed by atoms with Crippen molar-refractivity contribution in [2.24, 2.45) is 16.6 Å². The average Bonchev–Trinajstić information content (AvgIpc) is 2.99. The van der Waals surface area contributed by atoms with Crippen molar-refractivity contribution in [2.75, 3.05) is 6.54 Å². The lowest BCUT2D eigenvalue weighted by atomic mass is 10.1. The molecule has 2 heterocycles. The zero-order valence-electron chi connectivity index (χ0n) is 12.5. The minimum atomic E-state index is 0.483. The lowest BCUT2D eigenvalue weighted by molar-refractivity contribution is 0.576. The van der Waals surface area contributed by atoms with Gasteiger partial charge in [-0.3, -0.25) is 4.57 Å². The number of rotatable bonds is 6. The van der Waals surface area contributed by atoms with E-state index in [1.807, 2.05) is 22.9 Å². The van der Waals surface area contributed by atoms with E-state index in [0.29, 0.717) is 18.4 Å². The molecule has 2 rings (SSSR count). The molecular formula is C15H22N6. The molecule has 21 heavy (non-hydrogen) atoms. The van der Waals surface area contributed by atoms with Gasteiger partial charge in [-0.25, -0.2) is 15.0 Å². The van der Waals surface area contributed by atoms with Crippen molar-refractivity contribution < 1.29 is 0 Å². The Balaban J connectivity index is 1.92. The third-order valence-corrected chi connectivity index (χ3v) is 3.04. The Morgan fingerprint density at radius 2 is 2.29 bits per heavy atom. The SMILES string of the molecule is CC(C)CCNC(N)=NCc1ccnc(-n2ccnc2)c1. The predicted octanol–water partition coefficient (Wildman–Crippen LogP) is 1.72. The summed E-state index contributed by atoms with van der Waals surface area (Å²) in [5.41, 5.74) is 6.91. The molecule has 0 radical (unpaired) electrons. The minimum Gasteiger partial charge on any atom is -0.370 e. The van der Waals surface area contributed by atoms with E-state index in [4.69, 9.17) is 5.73 Å². The van der Waals surface area contributed by atoms with Gasteiger partial charge in [0.2, 0.25) is 0 Å². The summed E-state index contributed by atoms with van der Waals surface area (Å²) in [4.78, 5) is 12.7. The Hall–Kier alpha value is -2.37. The molecule has 0 saturated heterocycles. The Morgan fingerprint density at radius 3 is 3.00 bits per heavy atom. The number of nitrogens with zero attached hydrogens (tertiary/aromatic N) is 4. The van der Waals surface area contributed by atoms with Gasteiger partial charge in [0.05, 0.1) is 6.54 Å². The van der Waals surface area contributed by atoms with E-state index in [-0.39, 0.29) is 0 Å². The van der Waals surface area contributed by atoms with Crippen molar-refractivity contribution in [1.82, 2.24) is 19.9 Å². The third kappa shape index (κ3) is 4.91. The fourth-order valence-electron chi connectivity index (χ4n) is 1.82. The van der Waals surface area contributed by atoms with E-state index < -0.39 is 0 Å². The first-order chi connectivity index (χ1) is 10.1. The van der Waals surface area contributed by atoms with E-state index in [1.165, 1.54) is 0 Å². The first kappa shape index (κ1) is 15.0. The van der Waals surface area contributed by atoms with Gasteiger partial charge in [0.15, 0.2) is 5.96 Å². The van der Waals surface area contributed by atoms with Gasteiger partial charge >= 0.3 is 0 Å². The van der Waals surface area contributed by atoms with Crippen LogP contribution in [0.2, 0.25) is 0 Å². The lowest BCUT2D eigenvalue weighted by Crippen LogP contribution is -2.32. The Kier molecular flexibility index (Phi) is 5.31. The number of hydrogen-bond acceptors (Lipinski definition) is 3. The van der Waals surface area contributed by atoms with Crippen LogP contribution < -0.4 is 11.1 Å². The van der Waals surface area contributed by atoms with E-state index in [9.17, 15) is 0 Å². The van der Waals surface area contributed by atoms with E-state index in [0.717, 1.165) is 24.3 Å². The van der Waals surface area contributed by atoms with E-state index in [1.54, 1.807) is 18.7 Å². The molecule has 0 aliphatic rings. The van der Waals surface area contributed by atoms with Crippen LogP contribution >= 0.6 is 0 Å². The normalized spacial score (nSPS) is 11.9. The molecule has 0 spiro atoms. The molecule has 6 nitrogen and oxygen atoms in total. The highest BCUT2D eigenvalue weighted by Gasteiger charge is 2.00. The molecule has 2 aromatic rings. The maximum Gasteiger partial charge on any atom is 0.188 e. The molecule has 0 atom stereocenters. The molecule has 0 fully saturated rings. The molecule has 2 aromatic heterocycles. The van der Waals surface area contributed by atoms with Crippen molar-refractivity contribution in [3.8, 4) is 5.82 Å². The highest BCUT2D eigenvalue weighted by Crippen LogP contribution is 2.07. The van der Waals surface area contributed by atoms with Crippen LogP contribution in [0.4, 0.5) is 0 Å². The van der Waals surface area contributed by atoms with Gasteiger partial charge in [-0.2, -0.15) is 0 Å². The van der Waals surface area contributed by atoms with Gasteiger partial charge in [0, 0.05) is 25.1 Å². The van der Waals surface area contributed by atoms with Crippen LogP contribution in [0.3, 0.4) is 0 Å². The van der Waals surface area contributed by atoms with Gasteiger partial charge in [-0.15, -0.1) is 0 Å². The number of aromatic nitrogens is 3. The summed E-state index contributed by atoms with van der Waals surface area (Å²) in [6.45, 7) is 5.75. The lowest BCUT2D eigenvalue weighted by Gasteiger charge is -2.08. The molecule has 0 aliphatic carbocycles. The maximum atomic E-state index is 5.85. The molecular weight excluding hydrogens is 264 g/mol. The van der Waals surface area contributed by atoms with Gasteiger partial charge in [0.1, 0.15) is 12.1 Å². The first-order valence-corrected chi connectivity index (χ1v) is 7.12. The number of nitrogens with one attached hydrogen (secondary N) is 1. The Morgan fingerprint density at radius 1 is 1.43 bits per heavy atom. The van der Waals surface area contributed by atoms with Crippen LogP contribution in [0.15, 0.2) is 42.0 Å². The Labute approximate surface area is 125 Å². The van der Waals surface area contributed by atoms with Crippen molar-refractivity contribution in [3.05, 3.63) is 42.6 Å². The molecule has 0 bridgehead atoms. The van der Waals surface area contributed by atoms with Crippen LogP contribution in [0.5, 0.6) is 0 Å². The van der Waals surface area contributed by atoms with Crippen LogP contribution in [0, 0.1) is 5.92 Å². The third-order valence-electron chi connectivity index (χ3n) is 3.04. The summed E-state index contributed by atoms with van der Waals surface area (Å²) in [5, 5.41) is 3.12. The quantitative estimate of drug-likeness (QED) is 0.626. The number of pyridine rings is 1. The van der Waals surface area contributed by atoms with E-state index >= 15 is 0 Å². The highest BCUT2D eigenvalue weighted by molar-refractivity contribution is 5.77. The van der Waals surface area contributed by atoms with Gasteiger partial charge in [-0.1, -0.05) is 13.8 Å². The van der Waals surface area contributed by atoms with Crippen molar-refractivity contribution >= 4 is 5.96 Å². The van der Waals surface area contributed by atoms with Crippen molar-refractivity contribution in [2.45, 2.75) is 26.8 Å². The second-order valence-electron chi connectivity index (χ2n) is 5.30. The summed E-state index contributed by atoms with van der Waals surface area (Å²) in [6.07, 6.45) is 8.15. The zero-order valence-corrected chi connectivity index (χ0v) is 12.5. The summed E-state index contributed by atoms with van der Waals surface area (Å²) < 4.78 is 1.86. The number of guanidine groups is 1. The highest BCUT2D eigenvalue weighted by atomic mass is 15.1. The minimum absolute atomic E-state index is 0.483. The number of nitrogens with two attached hydrogens (primary N) is 1. The molecule has 0 unspecified atom stereocenters. The fraction of sp³-hybridized carbons (Fsp3) is 0.400. The van der Waals surface area contributed by atoms with Crippen molar-refractivity contribution in [1.29, 1.82) is 0 Å². The second-order valence-corrected chi connectivity index (χ2v) is 5.30. The topological polar surface area (TPSA) is 81.1 Å². The molecule has 0 aliphatic heterocycles. The molecule has 0 saturated carbocycles. The van der Waals surface area contributed by atoms with Gasteiger partial charge < -0.3 is 11.1 Å². The van der Waals surface area contributed by atoms with E-state index in [2.05, 4.69) is 34.1 Å². The first-order valence-electron chi connectivity index (χ1n) is 7.12. The summed E-state index contributed by atoms with van der Waals surface area (Å²) in [7, 11) is 0. The summed E-state index contributed by atoms with van der Waals surface area (Å²) in [6, 6.07) is 3.91. The summed E-state index contributed by atoms with van der Waals surface area (Å²) in [5.74, 6) is 1.96. The smallest absolute Gasteiger partial charge is 0.188 e. The molecule has 0 aromatic carbocycles. The van der Waals surface area contributed by atoms with Crippen molar-refractivity contribution in [3.63, 3.8) is 0 Å². The standard InChI is InChI=1S/C15H22N6/c1-12(2)3-5-19-15(16)20-10-13-4-6-18-14(9-13)21-8-7-17-11-21/h4,6-9,11-12H,3,5,10H2,1-2H3,(H3,16,19,20). The number of imidazole rings is 1. The Bertz CT molecular complexity index is 574. The molecule has 3 N–H and O–H groups in total. The fourth-order valence-corrected chi connectivity index (χ4v) is 1.82. The monoisotopic (exact) mass is 286 g/mol. The van der Waals surface area contributed by atoms with Gasteiger partial charge in [0.25, 0.3) is 0 Å². The predicted molar refractivity (Wildman–Crippen MR) is 84.1 cm³/mol. The van der Waals surface area contributed by atoms with Crippen LogP contribution in [-0.2, 0) is 6.54 Å².